The summed E-state index contributed by atoms with van der Waals surface area (Å²) in [7, 11) is 0. The first kappa shape index (κ1) is 21.1. The fourth-order valence-electron chi connectivity index (χ4n) is 3.81. The van der Waals surface area contributed by atoms with Crippen LogP contribution in [0, 0.1) is 5.82 Å². The van der Waals surface area contributed by atoms with E-state index < -0.39 is 0 Å². The zero-order valence-corrected chi connectivity index (χ0v) is 17.8. The number of aryl methyl sites for hydroxylation is 1. The van der Waals surface area contributed by atoms with E-state index in [9.17, 15) is 14.0 Å². The maximum atomic E-state index is 13.2. The number of halogens is 2. The molecule has 0 fully saturated rings. The third-order valence-corrected chi connectivity index (χ3v) is 5.77. The van der Waals surface area contributed by atoms with E-state index in [1.165, 1.54) is 24.3 Å². The van der Waals surface area contributed by atoms with Crippen molar-refractivity contribution in [3.63, 3.8) is 0 Å². The smallest absolute Gasteiger partial charge is 0.258 e. The van der Waals surface area contributed by atoms with Crippen LogP contribution in [0.3, 0.4) is 0 Å². The molecule has 1 N–H and O–H groups in total. The van der Waals surface area contributed by atoms with Gasteiger partial charge in [-0.2, -0.15) is 0 Å². The number of anilines is 1. The summed E-state index contributed by atoms with van der Waals surface area (Å²) in [5.74, 6) is -0.721. The number of carbonyl (C=O) groups excluding carboxylic acids is 2. The summed E-state index contributed by atoms with van der Waals surface area (Å²) >= 11 is 5.93. The highest BCUT2D eigenvalue weighted by atomic mass is 35.5. The van der Waals surface area contributed by atoms with Crippen molar-refractivity contribution < 1.29 is 14.0 Å². The Kier molecular flexibility index (Phi) is 6.05. The van der Waals surface area contributed by atoms with Gasteiger partial charge in [0.05, 0.1) is 6.04 Å². The van der Waals surface area contributed by atoms with Crippen molar-refractivity contribution in [1.82, 2.24) is 5.32 Å². The highest BCUT2D eigenvalue weighted by Gasteiger charge is 2.24. The summed E-state index contributed by atoms with van der Waals surface area (Å²) in [5, 5.41) is 3.66. The Morgan fingerprint density at radius 2 is 1.68 bits per heavy atom. The van der Waals surface area contributed by atoms with Gasteiger partial charge in [-0.1, -0.05) is 23.7 Å². The van der Waals surface area contributed by atoms with Crippen molar-refractivity contribution in [2.75, 3.05) is 11.4 Å². The topological polar surface area (TPSA) is 49.4 Å². The molecule has 0 saturated heterocycles. The van der Waals surface area contributed by atoms with Gasteiger partial charge in [-0.3, -0.25) is 9.59 Å². The Morgan fingerprint density at radius 1 is 1.00 bits per heavy atom. The third-order valence-electron chi connectivity index (χ3n) is 5.51. The largest absolute Gasteiger partial charge is 0.346 e. The minimum Gasteiger partial charge on any atom is -0.346 e. The van der Waals surface area contributed by atoms with Crippen LogP contribution in [-0.2, 0) is 6.42 Å². The number of benzene rings is 3. The second-order valence-electron chi connectivity index (χ2n) is 7.66. The molecular formula is C25H22ClFN2O2. The zero-order valence-electron chi connectivity index (χ0n) is 17.1. The molecule has 0 aromatic heterocycles. The van der Waals surface area contributed by atoms with Gasteiger partial charge in [-0.05, 0) is 85.5 Å². The van der Waals surface area contributed by atoms with Gasteiger partial charge in [0, 0.05) is 28.4 Å². The molecular weight excluding hydrogens is 415 g/mol. The first-order valence-electron chi connectivity index (χ1n) is 10.2. The molecule has 1 atom stereocenters. The number of hydrogen-bond donors (Lipinski definition) is 1. The zero-order chi connectivity index (χ0) is 22.0. The number of fused-ring (bicyclic) bond motifs is 1. The van der Waals surface area contributed by atoms with Crippen molar-refractivity contribution in [2.45, 2.75) is 25.8 Å². The molecule has 6 heteroatoms. The van der Waals surface area contributed by atoms with Crippen molar-refractivity contribution in [1.29, 1.82) is 0 Å². The van der Waals surface area contributed by atoms with Crippen molar-refractivity contribution in [3.8, 4) is 0 Å². The summed E-state index contributed by atoms with van der Waals surface area (Å²) in [6.07, 6.45) is 1.59. The Bertz CT molecular complexity index is 1110. The Hall–Kier alpha value is -3.18. The molecule has 3 aromatic rings. The van der Waals surface area contributed by atoms with Crippen LogP contribution < -0.4 is 10.2 Å². The molecule has 4 rings (SSSR count). The van der Waals surface area contributed by atoms with E-state index in [2.05, 4.69) is 5.32 Å². The fraction of sp³-hybridized carbons (Fsp3) is 0.200. The van der Waals surface area contributed by atoms with Gasteiger partial charge in [0.15, 0.2) is 0 Å². The lowest BCUT2D eigenvalue weighted by molar-refractivity contribution is 0.0939. The molecule has 0 spiro atoms. The average molecular weight is 437 g/mol. The van der Waals surface area contributed by atoms with E-state index in [1.807, 2.05) is 31.2 Å². The maximum Gasteiger partial charge on any atom is 0.258 e. The predicted molar refractivity (Wildman–Crippen MR) is 120 cm³/mol. The SMILES string of the molecule is C[C@@H](NC(=O)c1ccc2c(c1)CCCN2C(=O)c1ccc(F)cc1)c1ccc(Cl)cc1. The Labute approximate surface area is 185 Å². The van der Waals surface area contributed by atoms with Crippen LogP contribution in [0.5, 0.6) is 0 Å². The highest BCUT2D eigenvalue weighted by molar-refractivity contribution is 6.30. The first-order chi connectivity index (χ1) is 14.9. The van der Waals surface area contributed by atoms with Crippen LogP contribution in [-0.4, -0.2) is 18.4 Å². The van der Waals surface area contributed by atoms with Gasteiger partial charge in [-0.15, -0.1) is 0 Å². The van der Waals surface area contributed by atoms with Crippen LogP contribution in [0.2, 0.25) is 5.02 Å². The van der Waals surface area contributed by atoms with E-state index in [-0.39, 0.29) is 23.7 Å². The average Bonchev–Trinajstić information content (AvgIpc) is 2.78. The predicted octanol–water partition coefficient (Wildman–Crippen LogP) is 5.56. The summed E-state index contributed by atoms with van der Waals surface area (Å²) in [6, 6.07) is 18.2. The second kappa shape index (κ2) is 8.90. The quantitative estimate of drug-likeness (QED) is 0.581. The summed E-state index contributed by atoms with van der Waals surface area (Å²) in [6.45, 7) is 2.50. The van der Waals surface area contributed by atoms with Crippen molar-refractivity contribution in [3.05, 3.63) is 99.8 Å². The number of nitrogens with zero attached hydrogens (tertiary/aromatic N) is 1. The van der Waals surface area contributed by atoms with Gasteiger partial charge in [0.2, 0.25) is 0 Å². The molecule has 158 valence electrons. The van der Waals surface area contributed by atoms with Crippen LogP contribution in [0.15, 0.2) is 66.7 Å². The number of amides is 2. The van der Waals surface area contributed by atoms with Gasteiger partial charge in [0.25, 0.3) is 11.8 Å². The fourth-order valence-corrected chi connectivity index (χ4v) is 3.94. The number of carbonyl (C=O) groups is 2. The van der Waals surface area contributed by atoms with E-state index in [0.717, 1.165) is 29.7 Å². The Balaban J connectivity index is 1.52. The molecule has 0 aliphatic carbocycles. The Morgan fingerprint density at radius 3 is 2.39 bits per heavy atom. The lowest BCUT2D eigenvalue weighted by atomic mass is 9.97. The normalized spacial score (nSPS) is 14.0. The van der Waals surface area contributed by atoms with E-state index in [4.69, 9.17) is 11.6 Å². The van der Waals surface area contributed by atoms with E-state index >= 15 is 0 Å². The van der Waals surface area contributed by atoms with E-state index in [1.54, 1.807) is 23.1 Å². The summed E-state index contributed by atoms with van der Waals surface area (Å²) < 4.78 is 13.2. The van der Waals surface area contributed by atoms with Crippen LogP contribution in [0.25, 0.3) is 0 Å². The van der Waals surface area contributed by atoms with E-state index in [0.29, 0.717) is 22.7 Å². The molecule has 3 aromatic carbocycles. The van der Waals surface area contributed by atoms with Gasteiger partial charge in [-0.25, -0.2) is 4.39 Å². The number of rotatable bonds is 4. The number of hydrogen-bond acceptors (Lipinski definition) is 2. The second-order valence-corrected chi connectivity index (χ2v) is 8.09. The van der Waals surface area contributed by atoms with Gasteiger partial charge < -0.3 is 10.2 Å². The minimum absolute atomic E-state index is 0.169. The summed E-state index contributed by atoms with van der Waals surface area (Å²) in [5.41, 5.74) is 3.70. The molecule has 0 saturated carbocycles. The lowest BCUT2D eigenvalue weighted by Crippen LogP contribution is -2.35. The molecule has 0 radical (unpaired) electrons. The summed E-state index contributed by atoms with van der Waals surface area (Å²) in [4.78, 5) is 27.4. The van der Waals surface area contributed by atoms with Crippen LogP contribution in [0.4, 0.5) is 10.1 Å². The molecule has 1 aliphatic heterocycles. The molecule has 4 nitrogen and oxygen atoms in total. The van der Waals surface area contributed by atoms with Crippen LogP contribution >= 0.6 is 11.6 Å². The molecule has 1 aliphatic rings. The highest BCUT2D eigenvalue weighted by Crippen LogP contribution is 2.30. The van der Waals surface area contributed by atoms with Crippen LogP contribution in [0.1, 0.15) is 51.2 Å². The van der Waals surface area contributed by atoms with Gasteiger partial charge >= 0.3 is 0 Å². The molecule has 0 bridgehead atoms. The third kappa shape index (κ3) is 4.62. The maximum absolute atomic E-state index is 13.2. The standard InChI is InChI=1S/C25H22ClFN2O2/c1-16(17-4-9-21(26)10-5-17)28-24(30)20-8-13-23-19(15-20)3-2-14-29(23)25(31)18-6-11-22(27)12-7-18/h4-13,15-16H,2-3,14H2,1H3,(H,28,30)/t16-/m1/s1. The van der Waals surface area contributed by atoms with Gasteiger partial charge in [0.1, 0.15) is 5.82 Å². The molecule has 2 amide bonds. The molecule has 0 unspecified atom stereocenters. The monoisotopic (exact) mass is 436 g/mol. The molecule has 31 heavy (non-hydrogen) atoms. The number of nitrogens with one attached hydrogen (secondary N) is 1. The van der Waals surface area contributed by atoms with Crippen molar-refractivity contribution in [2.24, 2.45) is 0 Å². The van der Waals surface area contributed by atoms with Crippen molar-refractivity contribution >= 4 is 29.1 Å². The minimum atomic E-state index is -0.376. The first-order valence-corrected chi connectivity index (χ1v) is 10.6. The molecule has 1 heterocycles. The lowest BCUT2D eigenvalue weighted by Gasteiger charge is -2.30.